The first-order valence-electron chi connectivity index (χ1n) is 8.43. The van der Waals surface area contributed by atoms with Gasteiger partial charge >= 0.3 is 5.97 Å². The van der Waals surface area contributed by atoms with Gasteiger partial charge in [-0.05, 0) is 18.1 Å². The van der Waals surface area contributed by atoms with E-state index in [9.17, 15) is 18.0 Å². The highest BCUT2D eigenvalue weighted by Crippen LogP contribution is 2.22. The van der Waals surface area contributed by atoms with Crippen molar-refractivity contribution in [3.05, 3.63) is 42.0 Å². The first kappa shape index (κ1) is 18.3. The van der Waals surface area contributed by atoms with E-state index in [2.05, 4.69) is 5.10 Å². The lowest BCUT2D eigenvalue weighted by Crippen LogP contribution is -2.42. The van der Waals surface area contributed by atoms with E-state index in [0.29, 0.717) is 6.42 Å². The van der Waals surface area contributed by atoms with Crippen molar-refractivity contribution in [2.45, 2.75) is 25.3 Å². The summed E-state index contributed by atoms with van der Waals surface area (Å²) in [7, 11) is -3.14. The number of rotatable bonds is 5. The van der Waals surface area contributed by atoms with Crippen LogP contribution in [-0.4, -0.2) is 55.2 Å². The quantitative estimate of drug-likeness (QED) is 0.725. The lowest BCUT2D eigenvalue weighted by molar-refractivity contribution is -0.136. The molecule has 1 fully saturated rings. The van der Waals surface area contributed by atoms with Crippen LogP contribution in [0.4, 0.5) is 0 Å². The topological polar surface area (TPSA) is 93.1 Å². The van der Waals surface area contributed by atoms with E-state index in [1.807, 2.05) is 36.4 Å². The Labute approximate surface area is 152 Å². The molecule has 8 heteroatoms. The molecule has 0 radical (unpaired) electrons. The van der Waals surface area contributed by atoms with E-state index in [-0.39, 0.29) is 42.6 Å². The Balaban J connectivity index is 1.59. The Bertz CT molecular complexity index is 846. The molecular weight excluding hydrogens is 356 g/mol. The van der Waals surface area contributed by atoms with Crippen molar-refractivity contribution in [2.24, 2.45) is 5.10 Å². The van der Waals surface area contributed by atoms with E-state index in [1.165, 1.54) is 0 Å². The fourth-order valence-electron chi connectivity index (χ4n) is 2.93. The summed E-state index contributed by atoms with van der Waals surface area (Å²) in [6.07, 6.45) is 4.25. The highest BCUT2D eigenvalue weighted by atomic mass is 32.2. The summed E-state index contributed by atoms with van der Waals surface area (Å²) in [5.41, 5.74) is 1.15. The predicted molar refractivity (Wildman–Crippen MR) is 97.0 cm³/mol. The predicted octanol–water partition coefficient (Wildman–Crippen LogP) is 1.41. The molecule has 2 heterocycles. The number of ether oxygens (including phenoxy) is 1. The van der Waals surface area contributed by atoms with Crippen molar-refractivity contribution >= 4 is 33.5 Å². The van der Waals surface area contributed by atoms with Crippen molar-refractivity contribution in [2.75, 3.05) is 18.1 Å². The summed E-state index contributed by atoms with van der Waals surface area (Å²) in [5.74, 6) is -0.903. The van der Waals surface area contributed by atoms with E-state index in [1.54, 1.807) is 6.08 Å². The largest absolute Gasteiger partial charge is 0.457 e. The molecule has 1 aromatic rings. The molecule has 0 aliphatic carbocycles. The second-order valence-electron chi connectivity index (χ2n) is 6.25. The van der Waals surface area contributed by atoms with Crippen LogP contribution in [0, 0.1) is 0 Å². The summed E-state index contributed by atoms with van der Waals surface area (Å²) >= 11 is 0. The fraction of sp³-hybridized carbons (Fsp3) is 0.389. The number of carbonyl (C=O) groups excluding carboxylic acids is 2. The molecule has 1 saturated heterocycles. The van der Waals surface area contributed by atoms with Gasteiger partial charge in [-0.25, -0.2) is 18.2 Å². The van der Waals surface area contributed by atoms with Gasteiger partial charge in [0.05, 0.1) is 17.5 Å². The zero-order valence-electron chi connectivity index (χ0n) is 14.2. The SMILES string of the molecule is O=C(OC/C=C\c1ccccc1)C1=NN([C@H]2CCS(=O)(=O)C2)C(=O)CC1. The lowest BCUT2D eigenvalue weighted by atomic mass is 10.1. The zero-order valence-corrected chi connectivity index (χ0v) is 15.0. The molecular formula is C18H20N2O5S. The van der Waals surface area contributed by atoms with Crippen LogP contribution in [0.15, 0.2) is 41.5 Å². The average Bonchev–Trinajstić information content (AvgIpc) is 2.99. The molecule has 2 aliphatic rings. The number of hydrogen-bond acceptors (Lipinski definition) is 6. The normalized spacial score (nSPS) is 22.5. The summed E-state index contributed by atoms with van der Waals surface area (Å²) in [4.78, 5) is 24.2. The summed E-state index contributed by atoms with van der Waals surface area (Å²) in [5, 5.41) is 5.24. The molecule has 26 heavy (non-hydrogen) atoms. The number of esters is 1. The molecule has 0 aromatic heterocycles. The number of nitrogens with zero attached hydrogens (tertiary/aromatic N) is 2. The molecule has 0 bridgehead atoms. The van der Waals surface area contributed by atoms with Crippen molar-refractivity contribution in [3.8, 4) is 0 Å². The molecule has 1 aromatic carbocycles. The minimum Gasteiger partial charge on any atom is -0.457 e. The van der Waals surface area contributed by atoms with Gasteiger partial charge in [-0.2, -0.15) is 5.10 Å². The standard InChI is InChI=1S/C18H20N2O5S/c21-17-9-8-16(19-20(17)15-10-12-26(23,24)13-15)18(22)25-11-4-7-14-5-2-1-3-6-14/h1-7,15H,8-13H2/b7-4-/t15-/m0/s1. The Hall–Kier alpha value is -2.48. The van der Waals surface area contributed by atoms with E-state index < -0.39 is 21.8 Å². The van der Waals surface area contributed by atoms with Crippen LogP contribution in [0.1, 0.15) is 24.8 Å². The monoisotopic (exact) mass is 376 g/mol. The first-order chi connectivity index (χ1) is 12.4. The smallest absolute Gasteiger partial charge is 0.354 e. The number of sulfone groups is 1. The third-order valence-corrected chi connectivity index (χ3v) is 6.02. The lowest BCUT2D eigenvalue weighted by Gasteiger charge is -2.27. The number of amides is 1. The van der Waals surface area contributed by atoms with E-state index in [0.717, 1.165) is 10.6 Å². The Morgan fingerprint density at radius 1 is 1.27 bits per heavy atom. The summed E-state index contributed by atoms with van der Waals surface area (Å²) < 4.78 is 28.4. The minimum atomic E-state index is -3.14. The van der Waals surface area contributed by atoms with Crippen molar-refractivity contribution < 1.29 is 22.7 Å². The van der Waals surface area contributed by atoms with Gasteiger partial charge in [0.2, 0.25) is 5.91 Å². The van der Waals surface area contributed by atoms with Gasteiger partial charge in [0, 0.05) is 12.8 Å². The average molecular weight is 376 g/mol. The van der Waals surface area contributed by atoms with Gasteiger partial charge in [0.25, 0.3) is 0 Å². The highest BCUT2D eigenvalue weighted by Gasteiger charge is 2.37. The van der Waals surface area contributed by atoms with Crippen molar-refractivity contribution in [1.82, 2.24) is 5.01 Å². The van der Waals surface area contributed by atoms with Gasteiger partial charge in [0.1, 0.15) is 12.3 Å². The molecule has 0 unspecified atom stereocenters. The molecule has 1 amide bonds. The number of benzene rings is 1. The summed E-state index contributed by atoms with van der Waals surface area (Å²) in [6, 6.07) is 9.12. The number of hydrazone groups is 1. The van der Waals surface area contributed by atoms with Crippen LogP contribution < -0.4 is 0 Å². The maximum Gasteiger partial charge on any atom is 0.354 e. The van der Waals surface area contributed by atoms with Crippen LogP contribution in [0.5, 0.6) is 0 Å². The first-order valence-corrected chi connectivity index (χ1v) is 10.3. The van der Waals surface area contributed by atoms with Crippen LogP contribution in [0.3, 0.4) is 0 Å². The third-order valence-electron chi connectivity index (χ3n) is 4.27. The van der Waals surface area contributed by atoms with Gasteiger partial charge in [-0.3, -0.25) is 4.79 Å². The Morgan fingerprint density at radius 3 is 2.73 bits per heavy atom. The van der Waals surface area contributed by atoms with Gasteiger partial charge in [0.15, 0.2) is 9.84 Å². The van der Waals surface area contributed by atoms with E-state index >= 15 is 0 Å². The van der Waals surface area contributed by atoms with Gasteiger partial charge in [-0.15, -0.1) is 0 Å². The minimum absolute atomic E-state index is 0.0427. The molecule has 2 aliphatic heterocycles. The molecule has 0 N–H and O–H groups in total. The van der Waals surface area contributed by atoms with Crippen LogP contribution >= 0.6 is 0 Å². The Kier molecular flexibility index (Phi) is 5.51. The maximum atomic E-state index is 12.2. The van der Waals surface area contributed by atoms with Crippen LogP contribution in [0.25, 0.3) is 6.08 Å². The fourth-order valence-corrected chi connectivity index (χ4v) is 4.62. The van der Waals surface area contributed by atoms with Crippen LogP contribution in [0.2, 0.25) is 0 Å². The van der Waals surface area contributed by atoms with Gasteiger partial charge < -0.3 is 4.74 Å². The van der Waals surface area contributed by atoms with Crippen LogP contribution in [-0.2, 0) is 24.2 Å². The van der Waals surface area contributed by atoms with Crippen molar-refractivity contribution in [3.63, 3.8) is 0 Å². The molecule has 1 atom stereocenters. The summed E-state index contributed by atoms with van der Waals surface area (Å²) in [6.45, 7) is 0.0957. The molecule has 0 saturated carbocycles. The second-order valence-corrected chi connectivity index (χ2v) is 8.48. The third kappa shape index (κ3) is 4.57. The number of hydrogen-bond donors (Lipinski definition) is 0. The van der Waals surface area contributed by atoms with Crippen molar-refractivity contribution in [1.29, 1.82) is 0 Å². The molecule has 0 spiro atoms. The molecule has 138 valence electrons. The highest BCUT2D eigenvalue weighted by molar-refractivity contribution is 7.91. The second kappa shape index (κ2) is 7.82. The number of carbonyl (C=O) groups is 2. The zero-order chi connectivity index (χ0) is 18.6. The Morgan fingerprint density at radius 2 is 2.04 bits per heavy atom. The maximum absolute atomic E-state index is 12.2. The van der Waals surface area contributed by atoms with Gasteiger partial charge in [-0.1, -0.05) is 36.4 Å². The molecule has 3 rings (SSSR count). The van der Waals surface area contributed by atoms with E-state index in [4.69, 9.17) is 4.74 Å². The molecule has 7 nitrogen and oxygen atoms in total.